The minimum Gasteiger partial charge on any atom is -0.497 e. The fourth-order valence-corrected chi connectivity index (χ4v) is 3.13. The first kappa shape index (κ1) is 18.2. The molecule has 3 aromatic rings. The molecular formula is C21H22N4O3. The van der Waals surface area contributed by atoms with E-state index in [0.29, 0.717) is 18.0 Å². The van der Waals surface area contributed by atoms with Crippen LogP contribution in [-0.4, -0.2) is 42.9 Å². The average molecular weight is 378 g/mol. The van der Waals surface area contributed by atoms with Crippen LogP contribution in [0.1, 0.15) is 22.2 Å². The summed E-state index contributed by atoms with van der Waals surface area (Å²) in [5.74, 6) is 0.494. The van der Waals surface area contributed by atoms with Gasteiger partial charge in [0.25, 0.3) is 5.91 Å². The number of hydrogen-bond donors (Lipinski definition) is 3. The maximum Gasteiger partial charge on any atom is 0.273 e. The molecule has 1 saturated heterocycles. The van der Waals surface area contributed by atoms with Crippen LogP contribution >= 0.6 is 0 Å². The molecule has 2 aromatic carbocycles. The molecule has 1 aliphatic rings. The van der Waals surface area contributed by atoms with E-state index in [1.165, 1.54) is 0 Å². The Balaban J connectivity index is 1.43. The number of carbonyl (C=O) groups excluding carboxylic acids is 1. The van der Waals surface area contributed by atoms with Gasteiger partial charge in [0.15, 0.2) is 0 Å². The van der Waals surface area contributed by atoms with Crippen molar-refractivity contribution in [3.8, 4) is 17.0 Å². The molecule has 0 aliphatic carbocycles. The minimum absolute atomic E-state index is 0.0523. The fraction of sp³-hybridized carbons (Fsp3) is 0.238. The normalized spacial score (nSPS) is 16.5. The molecule has 3 N–H and O–H groups in total. The minimum atomic E-state index is -0.245. The van der Waals surface area contributed by atoms with E-state index in [1.54, 1.807) is 13.2 Å². The monoisotopic (exact) mass is 378 g/mol. The molecule has 4 rings (SSSR count). The Morgan fingerprint density at radius 2 is 2.07 bits per heavy atom. The first-order valence-corrected chi connectivity index (χ1v) is 9.16. The molecule has 7 nitrogen and oxygen atoms in total. The lowest BCUT2D eigenvalue weighted by Crippen LogP contribution is -2.33. The van der Waals surface area contributed by atoms with E-state index in [9.17, 15) is 4.79 Å². The van der Waals surface area contributed by atoms with E-state index >= 15 is 0 Å². The van der Waals surface area contributed by atoms with E-state index in [-0.39, 0.29) is 12.0 Å². The standard InChI is InChI=1S/C21H22N4O3/c1-27-17-4-2-3-15(11-17)18-12-19(25-24-18)21(26)23-16-7-5-14(6-8-16)20-13-22-9-10-28-20/h2-8,11-12,20,22H,9-10,13H2,1H3,(H,23,26)(H,24,25)/t20-/m0/s1. The van der Waals surface area contributed by atoms with Crippen LogP contribution in [0.4, 0.5) is 5.69 Å². The van der Waals surface area contributed by atoms with Crippen LogP contribution in [0.2, 0.25) is 0 Å². The Bertz CT molecular complexity index is 946. The summed E-state index contributed by atoms with van der Waals surface area (Å²) in [4.78, 5) is 12.5. The van der Waals surface area contributed by atoms with Gasteiger partial charge in [-0.3, -0.25) is 9.89 Å². The summed E-state index contributed by atoms with van der Waals surface area (Å²) in [5.41, 5.74) is 3.75. The highest BCUT2D eigenvalue weighted by Crippen LogP contribution is 2.24. The van der Waals surface area contributed by atoms with Gasteiger partial charge < -0.3 is 20.1 Å². The maximum absolute atomic E-state index is 12.5. The average Bonchev–Trinajstić information content (AvgIpc) is 3.25. The zero-order valence-electron chi connectivity index (χ0n) is 15.6. The fourth-order valence-electron chi connectivity index (χ4n) is 3.13. The molecule has 0 bridgehead atoms. The van der Waals surface area contributed by atoms with Gasteiger partial charge in [-0.2, -0.15) is 5.10 Å². The van der Waals surface area contributed by atoms with Gasteiger partial charge in [-0.1, -0.05) is 24.3 Å². The number of nitrogens with one attached hydrogen (secondary N) is 3. The number of hydrogen-bond acceptors (Lipinski definition) is 5. The second-order valence-corrected chi connectivity index (χ2v) is 6.54. The van der Waals surface area contributed by atoms with Crippen molar-refractivity contribution in [2.75, 3.05) is 32.1 Å². The summed E-state index contributed by atoms with van der Waals surface area (Å²) >= 11 is 0. The van der Waals surface area contributed by atoms with Crippen molar-refractivity contribution in [1.82, 2.24) is 15.5 Å². The van der Waals surface area contributed by atoms with Crippen LogP contribution in [0.25, 0.3) is 11.3 Å². The summed E-state index contributed by atoms with van der Waals surface area (Å²) in [5, 5.41) is 13.2. The Hall–Kier alpha value is -3.16. The second-order valence-electron chi connectivity index (χ2n) is 6.54. The lowest BCUT2D eigenvalue weighted by Gasteiger charge is -2.24. The van der Waals surface area contributed by atoms with Gasteiger partial charge >= 0.3 is 0 Å². The third-order valence-electron chi connectivity index (χ3n) is 4.66. The number of amides is 1. The lowest BCUT2D eigenvalue weighted by atomic mass is 10.1. The van der Waals surface area contributed by atoms with Crippen molar-refractivity contribution in [3.05, 3.63) is 65.9 Å². The Morgan fingerprint density at radius 1 is 1.21 bits per heavy atom. The van der Waals surface area contributed by atoms with Gasteiger partial charge in [-0.25, -0.2) is 0 Å². The molecule has 0 radical (unpaired) electrons. The number of anilines is 1. The highest BCUT2D eigenvalue weighted by atomic mass is 16.5. The maximum atomic E-state index is 12.5. The summed E-state index contributed by atoms with van der Waals surface area (Å²) < 4.78 is 11.0. The zero-order valence-corrected chi connectivity index (χ0v) is 15.6. The van der Waals surface area contributed by atoms with Gasteiger partial charge in [0.2, 0.25) is 0 Å². The van der Waals surface area contributed by atoms with Gasteiger partial charge in [-0.15, -0.1) is 0 Å². The highest BCUT2D eigenvalue weighted by molar-refractivity contribution is 6.03. The molecule has 28 heavy (non-hydrogen) atoms. The number of rotatable bonds is 5. The molecule has 7 heteroatoms. The van der Waals surface area contributed by atoms with E-state index in [2.05, 4.69) is 20.8 Å². The van der Waals surface area contributed by atoms with Crippen molar-refractivity contribution >= 4 is 11.6 Å². The van der Waals surface area contributed by atoms with Crippen molar-refractivity contribution in [3.63, 3.8) is 0 Å². The van der Waals surface area contributed by atoms with E-state index in [4.69, 9.17) is 9.47 Å². The highest BCUT2D eigenvalue weighted by Gasteiger charge is 2.16. The number of morpholine rings is 1. The van der Waals surface area contributed by atoms with Crippen LogP contribution in [0.3, 0.4) is 0 Å². The smallest absolute Gasteiger partial charge is 0.273 e. The van der Waals surface area contributed by atoms with Crippen LogP contribution in [0, 0.1) is 0 Å². The number of carbonyl (C=O) groups is 1. The lowest BCUT2D eigenvalue weighted by molar-refractivity contribution is 0.0277. The molecule has 0 saturated carbocycles. The molecule has 0 spiro atoms. The molecule has 1 fully saturated rings. The number of nitrogens with zero attached hydrogens (tertiary/aromatic N) is 1. The Morgan fingerprint density at radius 3 is 2.82 bits per heavy atom. The van der Waals surface area contributed by atoms with Gasteiger partial charge in [-0.05, 0) is 35.9 Å². The number of ether oxygens (including phenoxy) is 2. The molecular weight excluding hydrogens is 356 g/mol. The molecule has 144 valence electrons. The van der Waals surface area contributed by atoms with Crippen LogP contribution < -0.4 is 15.4 Å². The molecule has 1 amide bonds. The number of benzene rings is 2. The molecule has 1 atom stereocenters. The number of aromatic nitrogens is 2. The predicted octanol–water partition coefficient (Wildman–Crippen LogP) is 3.00. The first-order valence-electron chi connectivity index (χ1n) is 9.16. The Kier molecular flexibility index (Phi) is 5.36. The van der Waals surface area contributed by atoms with E-state index < -0.39 is 0 Å². The predicted molar refractivity (Wildman–Crippen MR) is 107 cm³/mol. The topological polar surface area (TPSA) is 88.3 Å². The number of H-pyrrole nitrogens is 1. The summed E-state index contributed by atoms with van der Waals surface area (Å²) in [6, 6.07) is 17.0. The molecule has 0 unspecified atom stereocenters. The second kappa shape index (κ2) is 8.24. The molecule has 1 aromatic heterocycles. The SMILES string of the molecule is COc1cccc(-c2cc(C(=O)Nc3ccc([C@@H]4CNCCO4)cc3)[nH]n2)c1. The van der Waals surface area contributed by atoms with Gasteiger partial charge in [0, 0.05) is 24.3 Å². The van der Waals surface area contributed by atoms with Crippen molar-refractivity contribution < 1.29 is 14.3 Å². The van der Waals surface area contributed by atoms with Gasteiger partial charge in [0.05, 0.1) is 25.5 Å². The Labute approximate surface area is 163 Å². The number of methoxy groups -OCH3 is 1. The van der Waals surface area contributed by atoms with Gasteiger partial charge in [0.1, 0.15) is 11.4 Å². The van der Waals surface area contributed by atoms with Crippen LogP contribution in [0.5, 0.6) is 5.75 Å². The third kappa shape index (κ3) is 4.05. The van der Waals surface area contributed by atoms with Crippen LogP contribution in [-0.2, 0) is 4.74 Å². The number of aromatic amines is 1. The summed E-state index contributed by atoms with van der Waals surface area (Å²) in [7, 11) is 1.62. The molecule has 2 heterocycles. The third-order valence-corrected chi connectivity index (χ3v) is 4.66. The zero-order chi connectivity index (χ0) is 19.3. The summed E-state index contributed by atoms with van der Waals surface area (Å²) in [6.07, 6.45) is 0.0523. The first-order chi connectivity index (χ1) is 13.7. The quantitative estimate of drug-likeness (QED) is 0.635. The van der Waals surface area contributed by atoms with Crippen LogP contribution in [0.15, 0.2) is 54.6 Å². The largest absolute Gasteiger partial charge is 0.497 e. The van der Waals surface area contributed by atoms with E-state index in [1.807, 2.05) is 48.5 Å². The van der Waals surface area contributed by atoms with Crippen molar-refractivity contribution in [2.24, 2.45) is 0 Å². The van der Waals surface area contributed by atoms with Crippen molar-refractivity contribution in [2.45, 2.75) is 6.10 Å². The molecule has 1 aliphatic heterocycles. The van der Waals surface area contributed by atoms with Crippen molar-refractivity contribution in [1.29, 1.82) is 0 Å². The van der Waals surface area contributed by atoms with E-state index in [0.717, 1.165) is 35.7 Å². The summed E-state index contributed by atoms with van der Waals surface area (Å²) in [6.45, 7) is 2.39.